The maximum atomic E-state index is 13.0. The first-order valence-electron chi connectivity index (χ1n) is 25.7. The first-order chi connectivity index (χ1) is 33.9. The van der Waals surface area contributed by atoms with Crippen LogP contribution in [0, 0.1) is 0 Å². The molecule has 1 aliphatic rings. The monoisotopic (exact) mass is 1050 g/mol. The molecule has 71 heavy (non-hydrogen) atoms. The van der Waals surface area contributed by atoms with E-state index in [1.165, 1.54) is 83.1 Å². The van der Waals surface area contributed by atoms with E-state index in [1.54, 1.807) is 36.5 Å². The van der Waals surface area contributed by atoms with Crippen molar-refractivity contribution in [1.29, 1.82) is 0 Å². The Morgan fingerprint density at radius 2 is 1.07 bits per heavy atom. The molecule has 410 valence electrons. The zero-order valence-corrected chi connectivity index (χ0v) is 43.9. The number of aliphatic hydroxyl groups is 6. The van der Waals surface area contributed by atoms with Gasteiger partial charge in [0.15, 0.2) is 6.10 Å². The van der Waals surface area contributed by atoms with E-state index in [4.69, 9.17) is 18.5 Å². The Balaban J connectivity index is 2.66. The van der Waals surface area contributed by atoms with Gasteiger partial charge in [0.1, 0.15) is 43.2 Å². The number of allylic oxidation sites excluding steroid dienone is 8. The van der Waals surface area contributed by atoms with E-state index in [9.17, 15) is 64.0 Å². The van der Waals surface area contributed by atoms with Gasteiger partial charge in [-0.2, -0.15) is 0 Å². The predicted octanol–water partition coefficient (Wildman–Crippen LogP) is 8.34. The first kappa shape index (κ1) is 66.4. The van der Waals surface area contributed by atoms with Crippen LogP contribution in [0.2, 0.25) is 0 Å². The molecule has 0 spiro atoms. The van der Waals surface area contributed by atoms with Crippen LogP contribution in [-0.2, 0) is 41.8 Å². The molecule has 0 heterocycles. The fourth-order valence-corrected chi connectivity index (χ4v) is 9.01. The summed E-state index contributed by atoms with van der Waals surface area (Å²) >= 11 is 0. The van der Waals surface area contributed by atoms with E-state index >= 15 is 0 Å². The van der Waals surface area contributed by atoms with Crippen molar-refractivity contribution in [2.45, 2.75) is 223 Å². The van der Waals surface area contributed by atoms with Crippen LogP contribution in [-0.4, -0.2) is 125 Å². The Hall–Kier alpha value is -2.64. The molecule has 18 nitrogen and oxygen atoms in total. The molecule has 1 aliphatic carbocycles. The van der Waals surface area contributed by atoms with Crippen molar-refractivity contribution in [3.8, 4) is 0 Å². The number of rotatable bonds is 42. The van der Waals surface area contributed by atoms with Gasteiger partial charge in [-0.1, -0.05) is 189 Å². The van der Waals surface area contributed by atoms with Gasteiger partial charge in [-0.05, 0) is 38.5 Å². The van der Waals surface area contributed by atoms with Crippen LogP contribution in [0.15, 0.2) is 72.9 Å². The summed E-state index contributed by atoms with van der Waals surface area (Å²) in [5.41, 5.74) is 0. The number of esters is 2. The molecule has 1 rings (SSSR count). The third-order valence-electron chi connectivity index (χ3n) is 11.5. The van der Waals surface area contributed by atoms with Gasteiger partial charge in [0, 0.05) is 12.8 Å². The Labute approximate surface area is 422 Å². The average molecular weight is 1050 g/mol. The lowest BCUT2D eigenvalue weighted by Crippen LogP contribution is -2.64. The van der Waals surface area contributed by atoms with E-state index in [-0.39, 0.29) is 19.3 Å². The van der Waals surface area contributed by atoms with E-state index < -0.39 is 95.7 Å². The number of phosphoric acid groups is 2. The van der Waals surface area contributed by atoms with Gasteiger partial charge >= 0.3 is 27.6 Å². The lowest BCUT2D eigenvalue weighted by Gasteiger charge is -2.43. The smallest absolute Gasteiger partial charge is 0.462 e. The Morgan fingerprint density at radius 1 is 0.549 bits per heavy atom. The van der Waals surface area contributed by atoms with Gasteiger partial charge in [0.2, 0.25) is 0 Å². The Kier molecular flexibility index (Phi) is 38.1. The fourth-order valence-electron chi connectivity index (χ4n) is 7.47. The highest BCUT2D eigenvalue weighted by molar-refractivity contribution is 7.47. The third kappa shape index (κ3) is 35.2. The minimum atomic E-state index is -5.39. The van der Waals surface area contributed by atoms with Gasteiger partial charge in [0.25, 0.3) is 0 Å². The molecule has 0 aromatic heterocycles. The highest BCUT2D eigenvalue weighted by Gasteiger charge is 2.54. The van der Waals surface area contributed by atoms with E-state index in [1.807, 2.05) is 37.3 Å². The van der Waals surface area contributed by atoms with E-state index in [0.717, 1.165) is 32.1 Å². The van der Waals surface area contributed by atoms with E-state index in [2.05, 4.69) is 11.4 Å². The number of ether oxygens (including phenoxy) is 2. The SMILES string of the molecule is CC/C=C\C[C@H](O)/C=C/C=C\C/C=C\C=C\[C@H](O)/C=C\CCCC(=O)O[C@H](COC(=O)CCCCCCCCCCCCCCCCCCC)COP(=O)(O)O[C@H]1C(O)C(O)C(O)[C@@H](OP(=O)(O)O)C1O. The molecule has 0 aliphatic heterocycles. The molecule has 1 fully saturated rings. The summed E-state index contributed by atoms with van der Waals surface area (Å²) in [6.07, 6.45) is 27.7. The maximum Gasteiger partial charge on any atom is 0.472 e. The number of hydrogen-bond donors (Lipinski definition) is 9. The molecule has 5 unspecified atom stereocenters. The molecule has 9 N–H and O–H groups in total. The summed E-state index contributed by atoms with van der Waals surface area (Å²) in [5.74, 6) is -1.39. The minimum Gasteiger partial charge on any atom is -0.462 e. The van der Waals surface area contributed by atoms with Gasteiger partial charge in [-0.15, -0.1) is 0 Å². The standard InChI is InChI=1S/C51H88O18P2/c1-3-5-7-8-9-10-11-12-13-14-15-16-17-18-22-25-31-37-44(54)65-39-43(40-66-71(63,64)69-51-48(58)46(56)47(57)50(49(51)59)68-70(60,61)62)67-45(55)38-32-26-30-36-42(53)35-29-24-21-19-20-23-28-34-41(52)33-27-6-4-2/h6,20-21,23-24,27-30,34-36,41-43,46-53,56-59H,3-5,7-19,22,25-26,31-33,37-40H2,1-2H3,(H,63,64)(H2,60,61,62)/b23-20-,24-21-,27-6-,34-28+,35-29+,36-30-/t41-,42-,43+,46?,47?,48?,49?,50+,51-/m0/s1. The van der Waals surface area contributed by atoms with Crippen LogP contribution in [0.1, 0.15) is 168 Å². The summed E-state index contributed by atoms with van der Waals surface area (Å²) in [4.78, 5) is 54.4. The maximum absolute atomic E-state index is 13.0. The van der Waals surface area contributed by atoms with Crippen molar-refractivity contribution in [3.63, 3.8) is 0 Å². The van der Waals surface area contributed by atoms with Crippen molar-refractivity contribution in [1.82, 2.24) is 0 Å². The Morgan fingerprint density at radius 3 is 1.62 bits per heavy atom. The van der Waals surface area contributed by atoms with Crippen molar-refractivity contribution in [3.05, 3.63) is 72.9 Å². The number of carbonyl (C=O) groups excluding carboxylic acids is 2. The number of phosphoric ester groups is 2. The van der Waals surface area contributed by atoms with Crippen LogP contribution < -0.4 is 0 Å². The molecule has 10 atom stereocenters. The van der Waals surface area contributed by atoms with Gasteiger partial charge in [-0.3, -0.25) is 23.2 Å². The molecule has 20 heteroatoms. The number of hydrogen-bond acceptors (Lipinski definition) is 15. The van der Waals surface area contributed by atoms with Crippen LogP contribution >= 0.6 is 15.6 Å². The largest absolute Gasteiger partial charge is 0.472 e. The number of aliphatic hydroxyl groups excluding tert-OH is 6. The van der Waals surface area contributed by atoms with Crippen molar-refractivity contribution >= 4 is 27.6 Å². The molecular weight excluding hydrogens is 962 g/mol. The second kappa shape index (κ2) is 40.7. The first-order valence-corrected chi connectivity index (χ1v) is 28.7. The molecule has 0 aromatic rings. The van der Waals surface area contributed by atoms with Crippen molar-refractivity contribution in [2.24, 2.45) is 0 Å². The molecule has 0 radical (unpaired) electrons. The van der Waals surface area contributed by atoms with Crippen LogP contribution in [0.5, 0.6) is 0 Å². The lowest BCUT2D eigenvalue weighted by molar-refractivity contribution is -0.216. The third-order valence-corrected chi connectivity index (χ3v) is 13.0. The molecule has 0 bridgehead atoms. The minimum absolute atomic E-state index is 0.0777. The van der Waals surface area contributed by atoms with Gasteiger partial charge < -0.3 is 54.8 Å². The Bertz CT molecular complexity index is 1680. The van der Waals surface area contributed by atoms with Gasteiger partial charge in [-0.25, -0.2) is 9.13 Å². The summed E-state index contributed by atoms with van der Waals surface area (Å²) in [5, 5.41) is 61.4. The summed E-state index contributed by atoms with van der Waals surface area (Å²) in [6.45, 7) is 2.78. The van der Waals surface area contributed by atoms with Crippen molar-refractivity contribution < 1.29 is 87.1 Å². The van der Waals surface area contributed by atoms with Crippen LogP contribution in [0.25, 0.3) is 0 Å². The number of unbranched alkanes of at least 4 members (excludes halogenated alkanes) is 17. The zero-order valence-electron chi connectivity index (χ0n) is 42.1. The molecule has 0 saturated heterocycles. The summed E-state index contributed by atoms with van der Waals surface area (Å²) < 4.78 is 49.3. The second-order valence-electron chi connectivity index (χ2n) is 17.9. The molecular formula is C51H88O18P2. The van der Waals surface area contributed by atoms with Crippen LogP contribution in [0.4, 0.5) is 0 Å². The molecule has 0 aromatic carbocycles. The number of carbonyl (C=O) groups is 2. The zero-order chi connectivity index (χ0) is 52.8. The fraction of sp³-hybridized carbons (Fsp3) is 0.725. The highest BCUT2D eigenvalue weighted by Crippen LogP contribution is 2.49. The predicted molar refractivity (Wildman–Crippen MR) is 271 cm³/mol. The van der Waals surface area contributed by atoms with Crippen LogP contribution in [0.3, 0.4) is 0 Å². The molecule has 0 amide bonds. The normalized spacial score (nSPS) is 22.4. The topological polar surface area (TPSA) is 296 Å². The highest BCUT2D eigenvalue weighted by atomic mass is 31.2. The van der Waals surface area contributed by atoms with Gasteiger partial charge in [0.05, 0.1) is 18.8 Å². The lowest BCUT2D eigenvalue weighted by atomic mass is 9.85. The van der Waals surface area contributed by atoms with E-state index in [0.29, 0.717) is 25.7 Å². The summed E-state index contributed by atoms with van der Waals surface area (Å²) in [7, 11) is -10.8. The quantitative estimate of drug-likeness (QED) is 0.00912. The van der Waals surface area contributed by atoms with Crippen molar-refractivity contribution in [2.75, 3.05) is 13.2 Å². The molecule has 1 saturated carbocycles. The second-order valence-corrected chi connectivity index (χ2v) is 20.5. The average Bonchev–Trinajstić information content (AvgIpc) is 3.32. The summed E-state index contributed by atoms with van der Waals surface area (Å²) in [6, 6.07) is 0.